The van der Waals surface area contributed by atoms with Crippen LogP contribution in [0.4, 0.5) is 5.69 Å². The molecule has 2 N–H and O–H groups in total. The lowest BCUT2D eigenvalue weighted by Gasteiger charge is -2.38. The molecule has 1 aromatic carbocycles. The van der Waals surface area contributed by atoms with Crippen LogP contribution in [-0.2, 0) is 14.3 Å². The molecule has 1 aliphatic heterocycles. The molecule has 24 heavy (non-hydrogen) atoms. The quantitative estimate of drug-likeness (QED) is 0.749. The van der Waals surface area contributed by atoms with Crippen LogP contribution in [0.2, 0.25) is 0 Å². The molecule has 0 radical (unpaired) electrons. The van der Waals surface area contributed by atoms with Crippen molar-refractivity contribution < 1.29 is 19.4 Å². The van der Waals surface area contributed by atoms with Crippen molar-refractivity contribution in [1.82, 2.24) is 4.90 Å². The van der Waals surface area contributed by atoms with Crippen molar-refractivity contribution in [3.05, 3.63) is 29.8 Å². The number of hydrogen-bond donors (Lipinski definition) is 2. The fourth-order valence-corrected chi connectivity index (χ4v) is 2.81. The number of nitrogens with one attached hydrogen (secondary N) is 1. The lowest BCUT2D eigenvalue weighted by atomic mass is 9.99. The molecule has 0 spiro atoms. The Kier molecular flexibility index (Phi) is 6.75. The third-order valence-corrected chi connectivity index (χ3v) is 4.34. The van der Waals surface area contributed by atoms with Gasteiger partial charge in [0.2, 0.25) is 11.8 Å². The van der Waals surface area contributed by atoms with E-state index in [9.17, 15) is 14.7 Å². The Morgan fingerprint density at radius 2 is 2.04 bits per heavy atom. The smallest absolute Gasteiger partial charge is 0.248 e. The normalized spacial score (nSPS) is 21.0. The highest BCUT2D eigenvalue weighted by atomic mass is 16.5. The Morgan fingerprint density at radius 3 is 2.67 bits per heavy atom. The van der Waals surface area contributed by atoms with Crippen LogP contribution < -0.4 is 5.32 Å². The van der Waals surface area contributed by atoms with Crippen LogP contribution in [0.15, 0.2) is 24.3 Å². The van der Waals surface area contributed by atoms with Crippen LogP contribution in [-0.4, -0.2) is 48.1 Å². The topological polar surface area (TPSA) is 78.9 Å². The molecule has 0 aliphatic carbocycles. The molecule has 1 aromatic rings. The summed E-state index contributed by atoms with van der Waals surface area (Å²) in [5.74, 6) is -0.120. The Morgan fingerprint density at radius 1 is 1.33 bits per heavy atom. The number of anilines is 1. The first-order valence-corrected chi connectivity index (χ1v) is 8.44. The monoisotopic (exact) mass is 334 g/mol. The number of nitrogens with zero attached hydrogens (tertiary/aromatic N) is 1. The van der Waals surface area contributed by atoms with E-state index in [4.69, 9.17) is 4.74 Å². The second kappa shape index (κ2) is 8.80. The molecule has 6 heteroatoms. The lowest BCUT2D eigenvalue weighted by Crippen LogP contribution is -2.50. The highest BCUT2D eigenvalue weighted by molar-refractivity contribution is 5.90. The molecule has 0 saturated carbocycles. The maximum atomic E-state index is 11.8. The van der Waals surface area contributed by atoms with Gasteiger partial charge in [0.25, 0.3) is 0 Å². The minimum absolute atomic E-state index is 0.00752. The zero-order valence-electron chi connectivity index (χ0n) is 14.3. The Hall–Kier alpha value is -1.92. The minimum atomic E-state index is -0.402. The largest absolute Gasteiger partial charge is 0.394 e. The van der Waals surface area contributed by atoms with Gasteiger partial charge in [0.1, 0.15) is 12.7 Å². The summed E-state index contributed by atoms with van der Waals surface area (Å²) in [7, 11) is 1.67. The summed E-state index contributed by atoms with van der Waals surface area (Å²) in [6.45, 7) is 1.95. The van der Waals surface area contributed by atoms with Crippen LogP contribution in [0, 0.1) is 0 Å². The van der Waals surface area contributed by atoms with Gasteiger partial charge in [-0.15, -0.1) is 0 Å². The van der Waals surface area contributed by atoms with Gasteiger partial charge >= 0.3 is 0 Å². The molecule has 2 unspecified atom stereocenters. The molecule has 0 bridgehead atoms. The summed E-state index contributed by atoms with van der Waals surface area (Å²) in [5.41, 5.74) is 1.61. The molecule has 1 fully saturated rings. The number of likely N-dealkylation sites (N-methyl/N-ethyl adjacent to an activating group) is 1. The van der Waals surface area contributed by atoms with Gasteiger partial charge in [0.05, 0.1) is 12.6 Å². The third-order valence-electron chi connectivity index (χ3n) is 4.34. The Labute approximate surface area is 142 Å². The minimum Gasteiger partial charge on any atom is -0.394 e. The van der Waals surface area contributed by atoms with Crippen LogP contribution in [0.3, 0.4) is 0 Å². The predicted octanol–water partition coefficient (Wildman–Crippen LogP) is 2.10. The highest BCUT2D eigenvalue weighted by Gasteiger charge is 2.34. The maximum Gasteiger partial charge on any atom is 0.248 e. The number of rotatable bonds is 7. The van der Waals surface area contributed by atoms with Crippen LogP contribution in [0.5, 0.6) is 0 Å². The van der Waals surface area contributed by atoms with Crippen molar-refractivity contribution >= 4 is 17.5 Å². The predicted molar refractivity (Wildman–Crippen MR) is 91.6 cm³/mol. The van der Waals surface area contributed by atoms with E-state index in [2.05, 4.69) is 12.2 Å². The van der Waals surface area contributed by atoms with E-state index in [-0.39, 0.29) is 31.1 Å². The average molecular weight is 334 g/mol. The zero-order chi connectivity index (χ0) is 17.5. The van der Waals surface area contributed by atoms with E-state index in [0.717, 1.165) is 30.5 Å². The van der Waals surface area contributed by atoms with E-state index < -0.39 is 6.04 Å². The first-order chi connectivity index (χ1) is 11.6. The number of carbonyl (C=O) groups excluding carboxylic acids is 2. The second-order valence-corrected chi connectivity index (χ2v) is 6.11. The van der Waals surface area contributed by atoms with E-state index in [1.807, 2.05) is 24.3 Å². The number of hydrogen-bond acceptors (Lipinski definition) is 4. The molecule has 6 nitrogen and oxygen atoms in total. The van der Waals surface area contributed by atoms with Crippen molar-refractivity contribution in [1.29, 1.82) is 0 Å². The Bertz CT molecular complexity index is 559. The number of aliphatic hydroxyl groups is 1. The Balaban J connectivity index is 1.98. The summed E-state index contributed by atoms with van der Waals surface area (Å²) < 4.78 is 5.60. The van der Waals surface area contributed by atoms with Gasteiger partial charge in [0.15, 0.2) is 0 Å². The first kappa shape index (κ1) is 18.4. The number of carbonyl (C=O) groups is 2. The van der Waals surface area contributed by atoms with Crippen molar-refractivity contribution in [2.45, 2.75) is 44.8 Å². The molecule has 2 amide bonds. The van der Waals surface area contributed by atoms with Crippen molar-refractivity contribution in [3.8, 4) is 0 Å². The second-order valence-electron chi connectivity index (χ2n) is 6.11. The third kappa shape index (κ3) is 4.55. The fourth-order valence-electron chi connectivity index (χ4n) is 2.81. The number of ether oxygens (including phenoxy) is 1. The van der Waals surface area contributed by atoms with E-state index in [0.29, 0.717) is 6.42 Å². The molecule has 2 atom stereocenters. The first-order valence-electron chi connectivity index (χ1n) is 8.44. The molecule has 2 rings (SSSR count). The van der Waals surface area contributed by atoms with Gasteiger partial charge in [0, 0.05) is 19.2 Å². The van der Waals surface area contributed by atoms with Crippen LogP contribution in [0.1, 0.15) is 44.3 Å². The van der Waals surface area contributed by atoms with E-state index in [1.54, 1.807) is 7.05 Å². The molecule has 0 aromatic heterocycles. The van der Waals surface area contributed by atoms with Gasteiger partial charge < -0.3 is 20.1 Å². The van der Waals surface area contributed by atoms with Crippen LogP contribution >= 0.6 is 0 Å². The molecule has 1 saturated heterocycles. The molecule has 132 valence electrons. The lowest BCUT2D eigenvalue weighted by molar-refractivity contribution is -0.157. The van der Waals surface area contributed by atoms with Crippen molar-refractivity contribution in [3.63, 3.8) is 0 Å². The molecule has 1 aliphatic rings. The van der Waals surface area contributed by atoms with Gasteiger partial charge in [-0.3, -0.25) is 9.59 Å². The number of morpholine rings is 1. The van der Waals surface area contributed by atoms with E-state index >= 15 is 0 Å². The highest BCUT2D eigenvalue weighted by Crippen LogP contribution is 2.29. The van der Waals surface area contributed by atoms with Gasteiger partial charge in [-0.2, -0.15) is 0 Å². The zero-order valence-corrected chi connectivity index (χ0v) is 14.3. The number of unbranched alkanes of at least 4 members (excludes halogenated alkanes) is 2. The molecular weight excluding hydrogens is 308 g/mol. The fraction of sp³-hybridized carbons (Fsp3) is 0.556. The number of benzene rings is 1. The SMILES string of the molecule is CCCCCC(=O)Nc1ccc(C2OCC(=O)N(C)C2CO)cc1. The summed E-state index contributed by atoms with van der Waals surface area (Å²) >= 11 is 0. The van der Waals surface area contributed by atoms with Crippen LogP contribution in [0.25, 0.3) is 0 Å². The van der Waals surface area contributed by atoms with Crippen molar-refractivity contribution in [2.24, 2.45) is 0 Å². The number of amides is 2. The van der Waals surface area contributed by atoms with Crippen molar-refractivity contribution in [2.75, 3.05) is 25.6 Å². The summed E-state index contributed by atoms with van der Waals surface area (Å²) in [5, 5.41) is 12.4. The maximum absolute atomic E-state index is 11.8. The van der Waals surface area contributed by atoms with E-state index in [1.165, 1.54) is 4.90 Å². The summed E-state index contributed by atoms with van der Waals surface area (Å²) in [4.78, 5) is 25.0. The van der Waals surface area contributed by atoms with Gasteiger partial charge in [-0.05, 0) is 24.1 Å². The molecule has 1 heterocycles. The molecular formula is C18H26N2O4. The average Bonchev–Trinajstić information content (AvgIpc) is 2.58. The summed E-state index contributed by atoms with van der Waals surface area (Å²) in [6, 6.07) is 6.96. The van der Waals surface area contributed by atoms with Gasteiger partial charge in [-0.1, -0.05) is 31.9 Å². The van der Waals surface area contributed by atoms with Gasteiger partial charge in [-0.25, -0.2) is 0 Å². The summed E-state index contributed by atoms with van der Waals surface area (Å²) in [6.07, 6.45) is 3.20. The standard InChI is InChI=1S/C18H26N2O4/c1-3-4-5-6-16(22)19-14-9-7-13(8-10-14)18-15(11-21)20(2)17(23)12-24-18/h7-10,15,18,21H,3-6,11-12H2,1-2H3,(H,19,22). The number of aliphatic hydroxyl groups excluding tert-OH is 1.